The third-order valence-electron chi connectivity index (χ3n) is 8.52. The Hall–Kier alpha value is -4.15. The van der Waals surface area contributed by atoms with Crippen LogP contribution < -0.4 is 14.8 Å². The predicted octanol–water partition coefficient (Wildman–Crippen LogP) is 8.12. The molecule has 5 aromatic carbocycles. The molecule has 0 radical (unpaired) electrons. The number of halogens is 5. The van der Waals surface area contributed by atoms with E-state index in [1.54, 1.807) is 24.3 Å². The molecule has 3 heterocycles. The van der Waals surface area contributed by atoms with E-state index in [9.17, 15) is 13.2 Å². The van der Waals surface area contributed by atoms with Crippen molar-refractivity contribution in [3.8, 4) is 22.6 Å². The van der Waals surface area contributed by atoms with E-state index in [0.717, 1.165) is 34.8 Å². The van der Waals surface area contributed by atoms with E-state index in [0.29, 0.717) is 24.0 Å². The summed E-state index contributed by atoms with van der Waals surface area (Å²) in [6, 6.07) is 22.0. The molecule has 3 aliphatic heterocycles. The molecule has 0 unspecified atom stereocenters. The smallest absolute Gasteiger partial charge is 0.606 e. The van der Waals surface area contributed by atoms with Gasteiger partial charge >= 0.3 is 6.75 Å². The number of hydrogen-bond acceptors (Lipinski definition) is 3. The van der Waals surface area contributed by atoms with E-state index >= 15 is 8.78 Å². The maximum atomic E-state index is 15.6. The van der Waals surface area contributed by atoms with Gasteiger partial charge in [-0.15, -0.1) is 0 Å². The van der Waals surface area contributed by atoms with Crippen molar-refractivity contribution in [2.75, 3.05) is 26.4 Å². The fourth-order valence-corrected chi connectivity index (χ4v) is 6.42. The Morgan fingerprint density at radius 3 is 1.43 bits per heavy atom. The molecule has 0 N–H and O–H groups in total. The molecule has 5 aromatic rings. The number of hydrogen-bond donors (Lipinski definition) is 0. The van der Waals surface area contributed by atoms with Crippen LogP contribution in [0, 0.1) is 29.1 Å². The third-order valence-corrected chi connectivity index (χ3v) is 8.52. The zero-order valence-electron chi connectivity index (χ0n) is 23.7. The Morgan fingerprint density at radius 2 is 0.977 bits per heavy atom. The average molecular weight is 606 g/mol. The molecule has 2 fully saturated rings. The van der Waals surface area contributed by atoms with Crippen LogP contribution in [0.3, 0.4) is 0 Å². The average Bonchev–Trinajstić information content (AvgIpc) is 3.80. The van der Waals surface area contributed by atoms with Gasteiger partial charge in [0.05, 0.1) is 17.0 Å². The SMILES string of the molecule is C1CCOC1.Fc1c(F)c(F)c([B-]2([O+]3CCCC3)Oc3ccc4ccccc4c3-c3c(ccc4ccccc34)O2)c(F)c1F. The Morgan fingerprint density at radius 1 is 0.523 bits per heavy atom. The summed E-state index contributed by atoms with van der Waals surface area (Å²) in [7, 11) is 0. The largest absolute Gasteiger partial charge is 0.717 e. The monoisotopic (exact) mass is 606 g/mol. The quantitative estimate of drug-likeness (QED) is 0.0669. The molecule has 44 heavy (non-hydrogen) atoms. The summed E-state index contributed by atoms with van der Waals surface area (Å²) in [5.74, 6) is -9.93. The molecule has 3 aliphatic rings. The molecule has 0 amide bonds. The highest BCUT2D eigenvalue weighted by Crippen LogP contribution is 2.50. The summed E-state index contributed by atoms with van der Waals surface area (Å²) in [6.07, 6.45) is 3.76. The number of rotatable bonds is 2. The van der Waals surface area contributed by atoms with E-state index < -0.39 is 41.3 Å². The highest BCUT2D eigenvalue weighted by molar-refractivity contribution is 6.78. The molecule has 0 spiro atoms. The molecule has 0 bridgehead atoms. The number of benzene rings is 5. The van der Waals surface area contributed by atoms with Gasteiger partial charge in [-0.2, -0.15) is 0 Å². The lowest BCUT2D eigenvalue weighted by Crippen LogP contribution is -2.69. The van der Waals surface area contributed by atoms with Gasteiger partial charge in [0.15, 0.2) is 17.5 Å². The fourth-order valence-electron chi connectivity index (χ4n) is 6.42. The summed E-state index contributed by atoms with van der Waals surface area (Å²) in [4.78, 5) is 0. The highest BCUT2D eigenvalue weighted by Gasteiger charge is 2.59. The van der Waals surface area contributed by atoms with Gasteiger partial charge in [0.25, 0.3) is 0 Å². The van der Waals surface area contributed by atoms with Gasteiger partial charge in [0.2, 0.25) is 0 Å². The first-order valence-corrected chi connectivity index (χ1v) is 14.7. The number of fused-ring (bicyclic) bond motifs is 7. The minimum atomic E-state index is -3.51. The number of ether oxygens (including phenoxy) is 1. The van der Waals surface area contributed by atoms with Crippen LogP contribution in [0.15, 0.2) is 72.8 Å². The lowest BCUT2D eigenvalue weighted by atomic mass is 9.66. The summed E-state index contributed by atoms with van der Waals surface area (Å²) < 4.78 is 95.1. The van der Waals surface area contributed by atoms with E-state index in [-0.39, 0.29) is 24.7 Å². The van der Waals surface area contributed by atoms with Gasteiger partial charge in [-0.05, 0) is 46.5 Å². The van der Waals surface area contributed by atoms with E-state index in [1.165, 1.54) is 12.8 Å². The normalized spacial score (nSPS) is 17.3. The fraction of sp³-hybridized carbons (Fsp3) is 0.235. The second-order valence-electron chi connectivity index (χ2n) is 11.2. The van der Waals surface area contributed by atoms with Crippen molar-refractivity contribution in [2.45, 2.75) is 25.7 Å². The zero-order valence-corrected chi connectivity index (χ0v) is 23.7. The molecule has 0 aliphatic carbocycles. The van der Waals surface area contributed by atoms with Crippen LogP contribution in [0.2, 0.25) is 0 Å². The third kappa shape index (κ3) is 4.59. The van der Waals surface area contributed by atoms with E-state index in [2.05, 4.69) is 4.28 Å². The minimum Gasteiger partial charge on any atom is -0.606 e. The van der Waals surface area contributed by atoms with Gasteiger partial charge in [0, 0.05) is 37.2 Å². The maximum Gasteiger partial charge on any atom is 0.717 e. The molecule has 0 saturated carbocycles. The molecule has 2 saturated heterocycles. The molecule has 0 aromatic heterocycles. The van der Waals surface area contributed by atoms with Crippen LogP contribution >= 0.6 is 0 Å². The molecule has 0 atom stereocenters. The summed E-state index contributed by atoms with van der Waals surface area (Å²) in [5, 5.41) is 3.32. The minimum absolute atomic E-state index is 0.200. The van der Waals surface area contributed by atoms with Crippen LogP contribution in [-0.2, 0) is 9.02 Å². The predicted molar refractivity (Wildman–Crippen MR) is 160 cm³/mol. The van der Waals surface area contributed by atoms with E-state index in [1.807, 2.05) is 48.5 Å². The first-order chi connectivity index (χ1) is 21.4. The van der Waals surface area contributed by atoms with Gasteiger partial charge in [0.1, 0.15) is 24.8 Å². The molecule has 10 heteroatoms. The van der Waals surface area contributed by atoms with E-state index in [4.69, 9.17) is 14.0 Å². The Balaban J connectivity index is 0.000000571. The standard InChI is InChI=1S/C30H20BF5O3.C4H8O/c32-26-25(27(33)29(35)30(36)28(26)34)31(39-15-5-6-16-39)37-21-13-11-17-7-1-3-9-19(17)23(21)24-20-10-4-2-8-18(20)12-14-22(24)38-31;1-2-4-5-3-1/h1-4,7-14H,5-6,15-16H2;1-4H2. The molecule has 4 nitrogen and oxygen atoms in total. The lowest BCUT2D eigenvalue weighted by molar-refractivity contribution is -0.0197. The van der Waals surface area contributed by atoms with Crippen LogP contribution in [0.4, 0.5) is 22.0 Å². The zero-order chi connectivity index (χ0) is 30.4. The topological polar surface area (TPSA) is 30.4 Å². The maximum absolute atomic E-state index is 15.6. The van der Waals surface area contributed by atoms with Crippen molar-refractivity contribution < 1.29 is 40.3 Å². The summed E-state index contributed by atoms with van der Waals surface area (Å²) in [6.45, 7) is -1.11. The summed E-state index contributed by atoms with van der Waals surface area (Å²) >= 11 is 0. The van der Waals surface area contributed by atoms with Crippen molar-refractivity contribution in [1.29, 1.82) is 0 Å². The highest BCUT2D eigenvalue weighted by atomic mass is 19.2. The van der Waals surface area contributed by atoms with Gasteiger partial charge < -0.3 is 18.3 Å². The Kier molecular flexibility index (Phi) is 7.42. The van der Waals surface area contributed by atoms with Crippen molar-refractivity contribution in [2.24, 2.45) is 0 Å². The second-order valence-corrected chi connectivity index (χ2v) is 11.2. The van der Waals surface area contributed by atoms with Crippen molar-refractivity contribution in [3.63, 3.8) is 0 Å². The van der Waals surface area contributed by atoms with Crippen LogP contribution in [0.25, 0.3) is 32.7 Å². The molecule has 8 rings (SSSR count). The van der Waals surface area contributed by atoms with Crippen LogP contribution in [0.5, 0.6) is 11.5 Å². The van der Waals surface area contributed by atoms with Crippen LogP contribution in [0.1, 0.15) is 25.7 Å². The van der Waals surface area contributed by atoms with Gasteiger partial charge in [-0.25, -0.2) is 22.0 Å². The van der Waals surface area contributed by atoms with Gasteiger partial charge in [-0.3, -0.25) is 0 Å². The van der Waals surface area contributed by atoms with Crippen molar-refractivity contribution in [3.05, 3.63) is 102 Å². The second kappa shape index (κ2) is 11.4. The lowest BCUT2D eigenvalue weighted by Gasteiger charge is -2.43. The first-order valence-electron chi connectivity index (χ1n) is 14.7. The Labute approximate surface area is 250 Å². The summed E-state index contributed by atoms with van der Waals surface area (Å²) in [5.41, 5.74) is 0.0538. The van der Waals surface area contributed by atoms with Gasteiger partial charge in [-0.1, -0.05) is 60.7 Å². The molecular formula is C34H28BF5O4. The molecular weight excluding hydrogens is 578 g/mol. The molecule has 226 valence electrons. The Bertz CT molecular complexity index is 1760. The van der Waals surface area contributed by atoms with Crippen LogP contribution in [-0.4, -0.2) is 33.2 Å². The van der Waals surface area contributed by atoms with Crippen molar-refractivity contribution in [1.82, 2.24) is 0 Å². The first kappa shape index (κ1) is 28.6. The van der Waals surface area contributed by atoms with Crippen molar-refractivity contribution >= 4 is 33.8 Å².